The second kappa shape index (κ2) is 38.1. The molecule has 0 aliphatic carbocycles. The van der Waals surface area contributed by atoms with Crippen molar-refractivity contribution in [1.82, 2.24) is 75.8 Å². The fourth-order valence-corrected chi connectivity index (χ4v) is 12.3. The predicted octanol–water partition coefficient (Wildman–Crippen LogP) is 12.8. The number of carbonyl (C=O) groups excluding carboxylic acids is 3. The Kier molecular flexibility index (Phi) is 29.0. The Morgan fingerprint density at radius 1 is 0.453 bits per heavy atom. The molecule has 106 heavy (non-hydrogen) atoms. The number of ether oxygens (including phenoxy) is 2. The van der Waals surface area contributed by atoms with Crippen molar-refractivity contribution in [2.24, 2.45) is 0 Å². The van der Waals surface area contributed by atoms with Crippen molar-refractivity contribution >= 4 is 114 Å². The maximum atomic E-state index is 12.3. The molecule has 13 rings (SSSR count). The molecule has 24 nitrogen and oxygen atoms in total. The van der Waals surface area contributed by atoms with Crippen LogP contribution >= 0.6 is 40.5 Å². The molecular weight excluding hydrogens is 1390 g/mol. The van der Waals surface area contributed by atoms with Gasteiger partial charge in [0.05, 0.1) is 75.8 Å². The third-order valence-electron chi connectivity index (χ3n) is 18.1. The number of benzene rings is 3. The molecule has 27 heteroatoms. The van der Waals surface area contributed by atoms with Crippen LogP contribution in [0, 0.1) is 27.7 Å². The van der Waals surface area contributed by atoms with Crippen LogP contribution in [-0.2, 0) is 4.74 Å². The smallest absolute Gasteiger partial charge is 0.251 e. The van der Waals surface area contributed by atoms with E-state index in [0.29, 0.717) is 42.9 Å². The number of pyridine rings is 6. The van der Waals surface area contributed by atoms with Crippen LogP contribution in [-0.4, -0.2) is 151 Å². The number of aromatic nitrogens is 12. The second-order valence-electron chi connectivity index (χ2n) is 25.1. The van der Waals surface area contributed by atoms with Crippen LogP contribution in [0.3, 0.4) is 0 Å². The highest BCUT2D eigenvalue weighted by Gasteiger charge is 2.21. The number of fused-ring (bicyclic) bond motifs is 3. The van der Waals surface area contributed by atoms with E-state index in [1.165, 1.54) is 6.33 Å². The summed E-state index contributed by atoms with van der Waals surface area (Å²) in [4.78, 5) is 92.8. The number of nitrogens with zero attached hydrogens (tertiary/aromatic N) is 13. The van der Waals surface area contributed by atoms with E-state index in [2.05, 4.69) is 144 Å². The van der Waals surface area contributed by atoms with Gasteiger partial charge < -0.3 is 46.3 Å². The Bertz CT molecular complexity index is 5030. The van der Waals surface area contributed by atoms with Crippen LogP contribution in [0.2, 0.25) is 0 Å². The van der Waals surface area contributed by atoms with Crippen molar-refractivity contribution in [3.8, 4) is 39.5 Å². The van der Waals surface area contributed by atoms with Crippen LogP contribution < -0.4 is 41.5 Å². The molecule has 3 amide bonds. The summed E-state index contributed by atoms with van der Waals surface area (Å²) in [5.74, 6) is 4.00. The number of morpholine rings is 1. The van der Waals surface area contributed by atoms with Gasteiger partial charge >= 0.3 is 0 Å². The van der Waals surface area contributed by atoms with Gasteiger partial charge in [0.1, 0.15) is 48.0 Å². The molecule has 0 radical (unpaired) electrons. The van der Waals surface area contributed by atoms with Crippen molar-refractivity contribution in [2.45, 2.75) is 73.1 Å². The second-order valence-corrected chi connectivity index (χ2v) is 25.1. The number of amides is 3. The molecule has 1 aliphatic rings. The van der Waals surface area contributed by atoms with Crippen LogP contribution in [0.25, 0.3) is 66.5 Å². The van der Waals surface area contributed by atoms with Crippen molar-refractivity contribution in [1.29, 1.82) is 0 Å². The third kappa shape index (κ3) is 19.3. The zero-order valence-corrected chi connectivity index (χ0v) is 64.3. The molecule has 3 aromatic carbocycles. The molecule has 0 bridgehead atoms. The first-order valence-electron chi connectivity index (χ1n) is 34.3. The number of anilines is 4. The van der Waals surface area contributed by atoms with Gasteiger partial charge in [-0.15, -0.1) is 0 Å². The quantitative estimate of drug-likeness (QED) is 0.0389. The molecule has 6 N–H and O–H groups in total. The maximum absolute atomic E-state index is 12.3. The average Bonchev–Trinajstić information content (AvgIpc) is 0.800. The number of carbonyl (C=O) groups is 3. The first-order valence-corrected chi connectivity index (χ1v) is 34.3. The van der Waals surface area contributed by atoms with Gasteiger partial charge in [-0.25, -0.2) is 34.9 Å². The number of para-hydroxylation sites is 3. The highest BCUT2D eigenvalue weighted by molar-refractivity contribution is 7.59. The molecule has 0 unspecified atom stereocenters. The zero-order valence-electron chi connectivity index (χ0n) is 61.3. The summed E-state index contributed by atoms with van der Waals surface area (Å²) in [6.07, 6.45) is 15.2. The molecule has 0 saturated carbocycles. The summed E-state index contributed by atoms with van der Waals surface area (Å²) < 4.78 is 11.1. The standard InChI is InChI=1S/C28H31N7O2.C26H28N6O2.C25H26N6O.3H2S/c1-18-13-20(16-32-27(18)35-9-11-37-12-10-35)24-14-25(34-17-33-24)31-15-19(2)21-5-4-6-22-23(28(36)29-3)7-8-30-26(21)22;1-5-34-23-11-18(14-29-17(23)3)22-12-24(32-15-31-22)30-13-16(2)19-7-6-8-20-21(26(33)27-4)9-10-28-25(19)20;1-15-10-18(13-28-17(15)3)22-11-23(31-14-30-22)29-12-16(2)19-6-5-7-20-21(25(32)26-4)8-9-27-24(19)20;;;/h4-8,13-14,16-17,19H,9-12,15H2,1-3H3,(H,29,36)(H,31,33,34);6-12,14-16H,5,13H2,1-4H3,(H,27,33)(H,30,31,32);5-11,13-14,16H,12H2,1-4H3,(H,26,32)(H,29,30,31);3*1H2/t19-;2*16-;;;/m111.../s1. The Hall–Kier alpha value is -11.0. The van der Waals surface area contributed by atoms with E-state index >= 15 is 0 Å². The van der Waals surface area contributed by atoms with Gasteiger partial charge in [0, 0.05) is 166 Å². The summed E-state index contributed by atoms with van der Waals surface area (Å²) in [6, 6.07) is 35.1. The molecule has 1 fully saturated rings. The fourth-order valence-electron chi connectivity index (χ4n) is 12.3. The van der Waals surface area contributed by atoms with E-state index in [9.17, 15) is 14.4 Å². The summed E-state index contributed by atoms with van der Waals surface area (Å²) in [5.41, 5.74) is 16.9. The van der Waals surface area contributed by atoms with Gasteiger partial charge in [0.15, 0.2) is 0 Å². The summed E-state index contributed by atoms with van der Waals surface area (Å²) in [5, 5.41) is 20.9. The van der Waals surface area contributed by atoms with Gasteiger partial charge in [-0.3, -0.25) is 39.3 Å². The largest absolute Gasteiger partial charge is 0.492 e. The molecule has 10 heterocycles. The van der Waals surface area contributed by atoms with E-state index in [-0.39, 0.29) is 76.0 Å². The number of hydrogen-bond donors (Lipinski definition) is 6. The number of aryl methyl sites for hydroxylation is 4. The summed E-state index contributed by atoms with van der Waals surface area (Å²) in [6.45, 7) is 22.1. The lowest BCUT2D eigenvalue weighted by molar-refractivity contribution is 0.0956. The van der Waals surface area contributed by atoms with Crippen molar-refractivity contribution in [3.05, 3.63) is 221 Å². The summed E-state index contributed by atoms with van der Waals surface area (Å²) >= 11 is 0. The number of rotatable bonds is 21. The normalized spacial score (nSPS) is 12.4. The molecule has 12 aromatic rings. The van der Waals surface area contributed by atoms with Crippen molar-refractivity contribution < 1.29 is 23.9 Å². The molecule has 1 saturated heterocycles. The average molecular weight is 1480 g/mol. The van der Waals surface area contributed by atoms with Crippen molar-refractivity contribution in [2.75, 3.05) is 94.5 Å². The lowest BCUT2D eigenvalue weighted by atomic mass is 9.96. The van der Waals surface area contributed by atoms with Gasteiger partial charge in [-0.2, -0.15) is 40.5 Å². The Labute approximate surface area is 638 Å². The summed E-state index contributed by atoms with van der Waals surface area (Å²) in [7, 11) is 4.90. The van der Waals surface area contributed by atoms with E-state index in [1.54, 1.807) is 76.8 Å². The third-order valence-corrected chi connectivity index (χ3v) is 18.1. The van der Waals surface area contributed by atoms with Gasteiger partial charge in [-0.1, -0.05) is 75.4 Å². The van der Waals surface area contributed by atoms with Crippen LogP contribution in [0.5, 0.6) is 5.75 Å². The van der Waals surface area contributed by atoms with E-state index in [0.717, 1.165) is 161 Å². The number of hydrogen-bond acceptors (Lipinski definition) is 21. The number of nitrogens with one attached hydrogen (secondary N) is 6. The van der Waals surface area contributed by atoms with Gasteiger partial charge in [0.2, 0.25) is 0 Å². The van der Waals surface area contributed by atoms with Crippen LogP contribution in [0.4, 0.5) is 23.3 Å². The van der Waals surface area contributed by atoms with Crippen molar-refractivity contribution in [3.63, 3.8) is 0 Å². The van der Waals surface area contributed by atoms with Gasteiger partial charge in [-0.05, 0) is 98.8 Å². The first kappa shape index (κ1) is 80.7. The Morgan fingerprint density at radius 3 is 1.19 bits per heavy atom. The molecule has 550 valence electrons. The van der Waals surface area contributed by atoms with E-state index < -0.39 is 0 Å². The Balaban J connectivity index is 0.000000199. The molecule has 1 aliphatic heterocycles. The lowest BCUT2D eigenvalue weighted by Gasteiger charge is -2.29. The van der Waals surface area contributed by atoms with Crippen LogP contribution in [0.1, 0.15) is 116 Å². The monoisotopic (exact) mass is 1480 g/mol. The first-order chi connectivity index (χ1) is 50.0. The van der Waals surface area contributed by atoms with E-state index in [1.807, 2.05) is 107 Å². The minimum absolute atomic E-state index is 0. The molecule has 3 atom stereocenters. The highest BCUT2D eigenvalue weighted by Crippen LogP contribution is 2.33. The Morgan fingerprint density at radius 2 is 0.821 bits per heavy atom. The fraction of sp³-hybridized carbons (Fsp3) is 0.278. The lowest BCUT2D eigenvalue weighted by Crippen LogP contribution is -2.37. The minimum atomic E-state index is -0.123. The highest BCUT2D eigenvalue weighted by atomic mass is 32.1. The van der Waals surface area contributed by atoms with E-state index in [4.69, 9.17) is 14.5 Å². The zero-order chi connectivity index (χ0) is 72.5. The predicted molar refractivity (Wildman–Crippen MR) is 436 cm³/mol. The maximum Gasteiger partial charge on any atom is 0.251 e. The molecule has 0 spiro atoms. The molecular formula is C79H91N19O5S3. The van der Waals surface area contributed by atoms with Gasteiger partial charge in [0.25, 0.3) is 17.7 Å². The SMILES string of the molecule is CCOc1cc(-c2cc(NC[C@@H](C)c3cccc4c(C(=O)NC)ccnc34)ncn2)cnc1C.CNC(=O)c1ccnc2c([C@H](C)CNc3cc(-c4cnc(C)c(C)c4)ncn3)cccc12.CNC(=O)c1ccnc2c([C@H](C)CNc3cc(-c4cnc(N5CCOCC5)c(C)c4)ncn3)cccc12.S.S.S. The minimum Gasteiger partial charge on any atom is -0.492 e. The molecule has 9 aromatic heterocycles. The van der Waals surface area contributed by atoms with Crippen LogP contribution in [0.15, 0.2) is 165 Å². The topological polar surface area (TPSA) is 300 Å².